The zero-order chi connectivity index (χ0) is 17.9. The summed E-state index contributed by atoms with van der Waals surface area (Å²) in [6, 6.07) is 11.6. The second kappa shape index (κ2) is 7.17. The first-order chi connectivity index (χ1) is 12.7. The molecule has 0 spiro atoms. The zero-order valence-corrected chi connectivity index (χ0v) is 15.0. The summed E-state index contributed by atoms with van der Waals surface area (Å²) in [6.45, 7) is 0. The summed E-state index contributed by atoms with van der Waals surface area (Å²) in [7, 11) is 1.62. The van der Waals surface area contributed by atoms with E-state index in [4.69, 9.17) is 16.3 Å². The SMILES string of the molecule is COc1ccc(Cl)cc1Nc1cc(-c2ccncc2)nc(NC2CC2)n1. The van der Waals surface area contributed by atoms with Crippen molar-refractivity contribution in [1.29, 1.82) is 0 Å². The first-order valence-corrected chi connectivity index (χ1v) is 8.75. The van der Waals surface area contributed by atoms with E-state index in [1.807, 2.05) is 30.3 Å². The van der Waals surface area contributed by atoms with Crippen molar-refractivity contribution in [3.05, 3.63) is 53.8 Å². The summed E-state index contributed by atoms with van der Waals surface area (Å²) in [4.78, 5) is 13.3. The van der Waals surface area contributed by atoms with Crippen molar-refractivity contribution in [1.82, 2.24) is 15.0 Å². The highest BCUT2D eigenvalue weighted by Crippen LogP contribution is 2.32. The predicted octanol–water partition coefficient (Wildman–Crippen LogP) is 4.52. The van der Waals surface area contributed by atoms with Crippen molar-refractivity contribution in [2.24, 2.45) is 0 Å². The lowest BCUT2D eigenvalue weighted by molar-refractivity contribution is 0.417. The molecule has 1 aliphatic carbocycles. The van der Waals surface area contributed by atoms with Crippen LogP contribution in [0.15, 0.2) is 48.8 Å². The third-order valence-corrected chi connectivity index (χ3v) is 4.27. The van der Waals surface area contributed by atoms with Crippen molar-refractivity contribution in [3.63, 3.8) is 0 Å². The number of benzene rings is 1. The van der Waals surface area contributed by atoms with Crippen LogP contribution in [0.5, 0.6) is 5.75 Å². The standard InChI is InChI=1S/C19H18ClN5O/c1-26-17-5-2-13(20)10-16(17)23-18-11-15(12-6-8-21-9-7-12)24-19(25-18)22-14-3-4-14/h2,5-11,14H,3-4H2,1H3,(H2,22,23,24,25). The van der Waals surface area contributed by atoms with E-state index >= 15 is 0 Å². The zero-order valence-electron chi connectivity index (χ0n) is 14.2. The first kappa shape index (κ1) is 16.6. The molecule has 1 saturated carbocycles. The van der Waals surface area contributed by atoms with E-state index in [1.54, 1.807) is 25.6 Å². The fraction of sp³-hybridized carbons (Fsp3) is 0.211. The molecule has 2 aromatic heterocycles. The van der Waals surface area contributed by atoms with E-state index in [9.17, 15) is 0 Å². The van der Waals surface area contributed by atoms with Gasteiger partial charge in [-0.2, -0.15) is 4.98 Å². The molecule has 3 aromatic rings. The Bertz CT molecular complexity index is 915. The Hall–Kier alpha value is -2.86. The van der Waals surface area contributed by atoms with Crippen LogP contribution in [-0.4, -0.2) is 28.1 Å². The maximum atomic E-state index is 6.13. The highest BCUT2D eigenvalue weighted by atomic mass is 35.5. The lowest BCUT2D eigenvalue weighted by Gasteiger charge is -2.13. The molecule has 1 aromatic carbocycles. The Balaban J connectivity index is 1.71. The minimum absolute atomic E-state index is 0.455. The number of hydrogen-bond donors (Lipinski definition) is 2. The molecule has 1 aliphatic rings. The molecular weight excluding hydrogens is 350 g/mol. The molecule has 0 unspecified atom stereocenters. The first-order valence-electron chi connectivity index (χ1n) is 8.38. The normalized spacial score (nSPS) is 13.3. The maximum Gasteiger partial charge on any atom is 0.225 e. The van der Waals surface area contributed by atoms with Crippen LogP contribution in [0.4, 0.5) is 17.5 Å². The molecule has 1 fully saturated rings. The molecule has 0 radical (unpaired) electrons. The molecule has 2 N–H and O–H groups in total. The van der Waals surface area contributed by atoms with Gasteiger partial charge in [-0.3, -0.25) is 4.98 Å². The van der Waals surface area contributed by atoms with Crippen molar-refractivity contribution in [2.45, 2.75) is 18.9 Å². The Labute approximate surface area is 156 Å². The summed E-state index contributed by atoms with van der Waals surface area (Å²) >= 11 is 6.13. The van der Waals surface area contributed by atoms with E-state index in [-0.39, 0.29) is 0 Å². The van der Waals surface area contributed by atoms with Gasteiger partial charge in [0.2, 0.25) is 5.95 Å². The molecule has 0 bridgehead atoms. The van der Waals surface area contributed by atoms with Crippen LogP contribution >= 0.6 is 11.6 Å². The highest BCUT2D eigenvalue weighted by Gasteiger charge is 2.22. The smallest absolute Gasteiger partial charge is 0.225 e. The van der Waals surface area contributed by atoms with E-state index in [1.165, 1.54) is 0 Å². The fourth-order valence-corrected chi connectivity index (χ4v) is 2.74. The molecule has 0 atom stereocenters. The number of nitrogens with zero attached hydrogens (tertiary/aromatic N) is 3. The van der Waals surface area contributed by atoms with Crippen molar-refractivity contribution >= 4 is 29.1 Å². The topological polar surface area (TPSA) is 72.0 Å². The summed E-state index contributed by atoms with van der Waals surface area (Å²) in [5.41, 5.74) is 2.54. The lowest BCUT2D eigenvalue weighted by Crippen LogP contribution is -2.08. The largest absolute Gasteiger partial charge is 0.495 e. The number of nitrogens with one attached hydrogen (secondary N) is 2. The van der Waals surface area contributed by atoms with Gasteiger partial charge in [-0.15, -0.1) is 0 Å². The van der Waals surface area contributed by atoms with E-state index < -0.39 is 0 Å². The van der Waals surface area contributed by atoms with Crippen LogP contribution in [0.3, 0.4) is 0 Å². The number of halogens is 1. The van der Waals surface area contributed by atoms with Gasteiger partial charge in [0.25, 0.3) is 0 Å². The van der Waals surface area contributed by atoms with Crippen LogP contribution < -0.4 is 15.4 Å². The minimum atomic E-state index is 0.455. The van der Waals surface area contributed by atoms with Crippen LogP contribution in [0.2, 0.25) is 5.02 Å². The summed E-state index contributed by atoms with van der Waals surface area (Å²) in [5, 5.41) is 7.27. The number of rotatable bonds is 6. The van der Waals surface area contributed by atoms with Crippen LogP contribution in [-0.2, 0) is 0 Å². The maximum absolute atomic E-state index is 6.13. The second-order valence-electron chi connectivity index (χ2n) is 6.09. The summed E-state index contributed by atoms with van der Waals surface area (Å²) < 4.78 is 5.40. The third-order valence-electron chi connectivity index (χ3n) is 4.04. The van der Waals surface area contributed by atoms with Gasteiger partial charge in [0, 0.05) is 35.1 Å². The molecular formula is C19H18ClN5O. The molecule has 132 valence electrons. The molecule has 4 rings (SSSR count). The fourth-order valence-electron chi connectivity index (χ4n) is 2.57. The second-order valence-corrected chi connectivity index (χ2v) is 6.52. The summed E-state index contributed by atoms with van der Waals surface area (Å²) in [6.07, 6.45) is 5.79. The molecule has 0 amide bonds. The number of methoxy groups -OCH3 is 1. The van der Waals surface area contributed by atoms with Crippen LogP contribution in [0, 0.1) is 0 Å². The Morgan fingerprint density at radius 3 is 2.62 bits per heavy atom. The van der Waals surface area contributed by atoms with Crippen LogP contribution in [0.1, 0.15) is 12.8 Å². The average Bonchev–Trinajstić information content (AvgIpc) is 3.46. The molecule has 26 heavy (non-hydrogen) atoms. The number of hydrogen-bond acceptors (Lipinski definition) is 6. The molecule has 0 saturated heterocycles. The van der Waals surface area contributed by atoms with Gasteiger partial charge in [0.1, 0.15) is 11.6 Å². The van der Waals surface area contributed by atoms with Gasteiger partial charge < -0.3 is 15.4 Å². The molecule has 2 heterocycles. The summed E-state index contributed by atoms with van der Waals surface area (Å²) in [5.74, 6) is 1.95. The molecule has 0 aliphatic heterocycles. The highest BCUT2D eigenvalue weighted by molar-refractivity contribution is 6.31. The Kier molecular flexibility index (Phi) is 4.58. The van der Waals surface area contributed by atoms with Crippen LogP contribution in [0.25, 0.3) is 11.3 Å². The van der Waals surface area contributed by atoms with E-state index in [2.05, 4.69) is 25.6 Å². The van der Waals surface area contributed by atoms with Crippen molar-refractivity contribution in [3.8, 4) is 17.0 Å². The predicted molar refractivity (Wildman–Crippen MR) is 103 cm³/mol. The molecule has 7 heteroatoms. The number of anilines is 3. The van der Waals surface area contributed by atoms with Gasteiger partial charge in [-0.1, -0.05) is 11.6 Å². The molecule has 6 nitrogen and oxygen atoms in total. The lowest BCUT2D eigenvalue weighted by atomic mass is 10.2. The van der Waals surface area contributed by atoms with Crippen molar-refractivity contribution < 1.29 is 4.74 Å². The number of ether oxygens (including phenoxy) is 1. The number of aromatic nitrogens is 3. The van der Waals surface area contributed by atoms with Gasteiger partial charge in [0.05, 0.1) is 18.5 Å². The van der Waals surface area contributed by atoms with Gasteiger partial charge in [-0.25, -0.2) is 4.98 Å². The quantitative estimate of drug-likeness (QED) is 0.667. The minimum Gasteiger partial charge on any atom is -0.495 e. The Morgan fingerprint density at radius 2 is 1.88 bits per heavy atom. The number of pyridine rings is 1. The van der Waals surface area contributed by atoms with Gasteiger partial charge in [0.15, 0.2) is 0 Å². The monoisotopic (exact) mass is 367 g/mol. The Morgan fingerprint density at radius 1 is 1.08 bits per heavy atom. The van der Waals surface area contributed by atoms with Gasteiger partial charge in [-0.05, 0) is 43.2 Å². The van der Waals surface area contributed by atoms with E-state index in [0.717, 1.165) is 29.8 Å². The van der Waals surface area contributed by atoms with Gasteiger partial charge >= 0.3 is 0 Å². The van der Waals surface area contributed by atoms with E-state index in [0.29, 0.717) is 28.6 Å². The average molecular weight is 368 g/mol. The van der Waals surface area contributed by atoms with Crippen molar-refractivity contribution in [2.75, 3.05) is 17.7 Å². The third kappa shape index (κ3) is 3.86.